The number of unbranched alkanes of at least 4 members (excludes halogenated alkanes) is 76. The van der Waals surface area contributed by atoms with E-state index in [0.29, 0.717) is 38.5 Å². The van der Waals surface area contributed by atoms with E-state index in [4.69, 9.17) is 28.4 Å². The zero-order chi connectivity index (χ0) is 85.9. The fourth-order valence-electron chi connectivity index (χ4n) is 16.2. The van der Waals surface area contributed by atoms with E-state index in [-0.39, 0.29) is 62.2 Å². The maximum absolute atomic E-state index is 12.8. The summed E-state index contributed by atoms with van der Waals surface area (Å²) in [5.41, 5.74) is 0. The van der Waals surface area contributed by atoms with Gasteiger partial charge in [0.15, 0.2) is 12.2 Å². The summed E-state index contributed by atoms with van der Waals surface area (Å²) < 4.78 is 33.6. The molecule has 0 aliphatic rings. The van der Waals surface area contributed by atoms with Gasteiger partial charge in [0.05, 0.1) is 0 Å². The van der Waals surface area contributed by atoms with Crippen LogP contribution in [-0.4, -0.2) is 74.5 Å². The molecule has 0 amide bonds. The Balaban J connectivity index is 0. The summed E-state index contributed by atoms with van der Waals surface area (Å²) in [5.74, 6) is -1.68. The Bertz CT molecular complexity index is 1800. The second kappa shape index (κ2) is 103. The summed E-state index contributed by atoms with van der Waals surface area (Å²) in [4.78, 5) is 75.9. The molecule has 0 atom stereocenters. The van der Waals surface area contributed by atoms with Crippen LogP contribution in [0, 0.1) is 0 Å². The highest BCUT2D eigenvalue weighted by atomic mass is 16.6. The number of carbonyl (C=O) groups is 6. The summed E-state index contributed by atoms with van der Waals surface area (Å²) in [7, 11) is 0. The van der Waals surface area contributed by atoms with Gasteiger partial charge in [-0.2, -0.15) is 0 Å². The molecule has 12 nitrogen and oxygen atoms in total. The lowest BCUT2D eigenvalue weighted by atomic mass is 10.0. The van der Waals surface area contributed by atoms with E-state index in [1.54, 1.807) is 0 Å². The third-order valence-electron chi connectivity index (χ3n) is 24.2. The molecule has 0 bridgehead atoms. The number of carbonyl (C=O) groups excluding carboxylic acids is 6. The van der Waals surface area contributed by atoms with Crippen LogP contribution in [-0.2, 0) is 57.2 Å². The van der Waals surface area contributed by atoms with Crippen LogP contribution in [0.4, 0.5) is 0 Å². The van der Waals surface area contributed by atoms with Crippen molar-refractivity contribution in [3.8, 4) is 0 Å². The van der Waals surface area contributed by atoms with Crippen molar-refractivity contribution in [1.29, 1.82) is 0 Å². The molecule has 0 N–H and O–H groups in total. The minimum absolute atomic E-state index is 0.0616. The van der Waals surface area contributed by atoms with Crippen LogP contribution in [0.5, 0.6) is 0 Å². The van der Waals surface area contributed by atoms with Gasteiger partial charge in [0.1, 0.15) is 26.4 Å². The Morgan fingerprint density at radius 1 is 0.136 bits per heavy atom. The smallest absolute Gasteiger partial charge is 0.306 e. The third-order valence-corrected chi connectivity index (χ3v) is 24.2. The van der Waals surface area contributed by atoms with E-state index in [0.717, 1.165) is 116 Å². The van der Waals surface area contributed by atoms with Gasteiger partial charge in [0.2, 0.25) is 0 Å². The largest absolute Gasteiger partial charge is 0.462 e. The van der Waals surface area contributed by atoms with Crippen molar-refractivity contribution < 1.29 is 57.2 Å². The summed E-state index contributed by atoms with van der Waals surface area (Å²) in [6, 6.07) is 0. The van der Waals surface area contributed by atoms with Crippen LogP contribution in [0.1, 0.15) is 607 Å². The van der Waals surface area contributed by atoms with Gasteiger partial charge in [0.25, 0.3) is 0 Å². The highest BCUT2D eigenvalue weighted by Crippen LogP contribution is 2.22. The molecule has 700 valence electrons. The summed E-state index contributed by atoms with van der Waals surface area (Å²) in [6.45, 7) is 13.4. The van der Waals surface area contributed by atoms with E-state index < -0.39 is 12.2 Å². The number of hydrogen-bond acceptors (Lipinski definition) is 12. The molecule has 0 saturated carbocycles. The zero-order valence-corrected chi connectivity index (χ0v) is 80.1. The first-order valence-electron chi connectivity index (χ1n) is 53.1. The molecule has 0 aliphatic carbocycles. The average Bonchev–Trinajstić information content (AvgIpc) is 0.946. The van der Waals surface area contributed by atoms with Gasteiger partial charge in [-0.05, 0) is 38.5 Å². The van der Waals surface area contributed by atoms with Crippen molar-refractivity contribution in [3.05, 3.63) is 0 Å². The minimum atomic E-state index is -0.759. The maximum atomic E-state index is 12.8. The SMILES string of the molecule is CCCCCCCCCCCCCCCCCC(=O)OC(COC(=O)CCCCCCCCCCCCCCC)COC(=O)CCCCCCCCCCCCCCC.CCCCCCCCCCCCCCCCCC(=O)OC(COC(=O)CCCCCCCCCCCCCCC)COC(=O)CCCCCCCCCCCCCCC. The Kier molecular flexibility index (Phi) is 102. The Hall–Kier alpha value is -3.18. The fraction of sp³-hybridized carbons (Fsp3) is 0.943. The molecule has 0 rings (SSSR count). The minimum Gasteiger partial charge on any atom is -0.462 e. The van der Waals surface area contributed by atoms with Gasteiger partial charge in [-0.1, -0.05) is 530 Å². The molecule has 0 unspecified atom stereocenters. The van der Waals surface area contributed by atoms with E-state index >= 15 is 0 Å². The monoisotopic (exact) mass is 1670 g/mol. The number of ether oxygens (including phenoxy) is 6. The van der Waals surface area contributed by atoms with Gasteiger partial charge >= 0.3 is 35.8 Å². The van der Waals surface area contributed by atoms with Crippen molar-refractivity contribution in [2.75, 3.05) is 26.4 Å². The molecule has 0 radical (unpaired) electrons. The summed E-state index contributed by atoms with van der Waals surface area (Å²) >= 11 is 0. The lowest BCUT2D eigenvalue weighted by Crippen LogP contribution is -2.30. The van der Waals surface area contributed by atoms with Crippen LogP contribution >= 0.6 is 0 Å². The molecular formula is C106H204O12. The normalized spacial score (nSPS) is 11.4. The van der Waals surface area contributed by atoms with E-state index in [2.05, 4.69) is 41.5 Å². The lowest BCUT2D eigenvalue weighted by Gasteiger charge is -2.18. The predicted octanol–water partition coefficient (Wildman–Crippen LogP) is 34.4. The standard InChI is InChI=1S/2C53H102O6/c2*1-4-7-10-13-16-19-22-25-26-29-32-35-38-41-44-47-53(56)59-50(48-57-51(54)45-42-39-36-33-30-27-23-20-17-14-11-8-5-2)49-58-52(55)46-43-40-37-34-31-28-24-21-18-15-12-9-6-3/h2*50H,4-49H2,1-3H3. The van der Waals surface area contributed by atoms with Crippen molar-refractivity contribution in [2.45, 2.75) is 619 Å². The van der Waals surface area contributed by atoms with Gasteiger partial charge in [-0.3, -0.25) is 28.8 Å². The van der Waals surface area contributed by atoms with Crippen LogP contribution < -0.4 is 0 Å². The second-order valence-electron chi connectivity index (χ2n) is 36.3. The van der Waals surface area contributed by atoms with E-state index in [9.17, 15) is 28.8 Å². The molecule has 0 aromatic carbocycles. The van der Waals surface area contributed by atoms with Crippen molar-refractivity contribution in [1.82, 2.24) is 0 Å². The van der Waals surface area contributed by atoms with E-state index in [1.165, 1.54) is 411 Å². The molecule has 118 heavy (non-hydrogen) atoms. The molecule has 0 heterocycles. The van der Waals surface area contributed by atoms with Crippen molar-refractivity contribution >= 4 is 35.8 Å². The van der Waals surface area contributed by atoms with Crippen LogP contribution in [0.25, 0.3) is 0 Å². The first-order chi connectivity index (χ1) is 58.1. The van der Waals surface area contributed by atoms with Crippen LogP contribution in [0.2, 0.25) is 0 Å². The highest BCUT2D eigenvalue weighted by molar-refractivity contribution is 5.72. The maximum Gasteiger partial charge on any atom is 0.306 e. The second-order valence-corrected chi connectivity index (χ2v) is 36.3. The first-order valence-corrected chi connectivity index (χ1v) is 53.1. The average molecular weight is 1670 g/mol. The molecule has 0 saturated heterocycles. The molecule has 12 heteroatoms. The first kappa shape index (κ1) is 117. The van der Waals surface area contributed by atoms with Gasteiger partial charge in [-0.25, -0.2) is 0 Å². The Morgan fingerprint density at radius 2 is 0.229 bits per heavy atom. The number of hydrogen-bond donors (Lipinski definition) is 0. The Labute approximate surface area is 734 Å². The van der Waals surface area contributed by atoms with Gasteiger partial charge in [-0.15, -0.1) is 0 Å². The molecule has 0 fully saturated rings. The molecule has 0 aliphatic heterocycles. The predicted molar refractivity (Wildman–Crippen MR) is 504 cm³/mol. The topological polar surface area (TPSA) is 158 Å². The molecule has 0 spiro atoms. The van der Waals surface area contributed by atoms with Gasteiger partial charge < -0.3 is 28.4 Å². The molecule has 0 aromatic heterocycles. The quantitative estimate of drug-likeness (QED) is 0.0323. The Morgan fingerprint density at radius 3 is 0.339 bits per heavy atom. The summed E-state index contributed by atoms with van der Waals surface area (Å²) in [6.07, 6.45) is 104. The molecule has 0 aromatic rings. The number of rotatable bonds is 98. The van der Waals surface area contributed by atoms with Crippen molar-refractivity contribution in [3.63, 3.8) is 0 Å². The van der Waals surface area contributed by atoms with E-state index in [1.807, 2.05) is 0 Å². The van der Waals surface area contributed by atoms with Crippen molar-refractivity contribution in [2.24, 2.45) is 0 Å². The van der Waals surface area contributed by atoms with Gasteiger partial charge in [0, 0.05) is 38.5 Å². The molecular weight excluding hydrogens is 1470 g/mol. The van der Waals surface area contributed by atoms with Crippen LogP contribution in [0.15, 0.2) is 0 Å². The lowest BCUT2D eigenvalue weighted by molar-refractivity contribution is -0.167. The summed E-state index contributed by atoms with van der Waals surface area (Å²) in [5, 5.41) is 0. The third kappa shape index (κ3) is 99.9. The van der Waals surface area contributed by atoms with Crippen LogP contribution in [0.3, 0.4) is 0 Å². The fourth-order valence-corrected chi connectivity index (χ4v) is 16.2. The zero-order valence-electron chi connectivity index (χ0n) is 80.1. The number of esters is 6. The highest BCUT2D eigenvalue weighted by Gasteiger charge is 2.22.